The Bertz CT molecular complexity index is 1420. The number of benzene rings is 1. The summed E-state index contributed by atoms with van der Waals surface area (Å²) in [7, 11) is -3.15. The van der Waals surface area contributed by atoms with Crippen molar-refractivity contribution < 1.29 is 45.4 Å². The molecule has 0 bridgehead atoms. The first kappa shape index (κ1) is 29.4. The Hall–Kier alpha value is -3.59. The van der Waals surface area contributed by atoms with Gasteiger partial charge in [0.1, 0.15) is 17.3 Å². The molecule has 1 saturated heterocycles. The Labute approximate surface area is 225 Å². The number of ether oxygens (including phenoxy) is 2. The standard InChI is InChI=1S/C23H25F4N6O6P/c1-4-14-15(10-37-40(35,32-12(2)21(34)36-3)39-13-8-6-5-7-9-13)38-20(16(14)24)33-11-29-17-18(28)30-22(23(25,26)27)31-19(17)33/h4-9,11-12,14-16,20H,1,10H2,2-3H3,(H,32,35)(H2,28,30,31)/t12-,14+,15+,16-,20+,40?/m0/s1. The van der Waals surface area contributed by atoms with E-state index in [2.05, 4.69) is 31.4 Å². The number of nitrogens with one attached hydrogen (secondary N) is 1. The Morgan fingerprint density at radius 3 is 2.65 bits per heavy atom. The van der Waals surface area contributed by atoms with Gasteiger partial charge in [-0.15, -0.1) is 6.58 Å². The molecule has 6 atom stereocenters. The van der Waals surface area contributed by atoms with Crippen molar-refractivity contribution in [2.75, 3.05) is 19.5 Å². The average molecular weight is 588 g/mol. The molecule has 2 aromatic heterocycles. The maximum Gasteiger partial charge on any atom is 0.459 e. The lowest BCUT2D eigenvalue weighted by molar-refractivity contribution is -0.144. The fourth-order valence-electron chi connectivity index (χ4n) is 3.99. The summed E-state index contributed by atoms with van der Waals surface area (Å²) < 4.78 is 91.5. The SMILES string of the molecule is C=C[C@H]1[C@H](F)[C@H](n2cnc3c(N)nc(C(F)(F)F)nc32)O[C@@H]1COP(=O)(N[C@@H](C)C(=O)OC)Oc1ccccc1. The molecule has 0 spiro atoms. The number of anilines is 1. The van der Waals surface area contributed by atoms with E-state index in [-0.39, 0.29) is 11.3 Å². The van der Waals surface area contributed by atoms with Gasteiger partial charge in [0.2, 0.25) is 5.82 Å². The molecule has 1 fully saturated rings. The fourth-order valence-corrected chi connectivity index (χ4v) is 5.49. The predicted octanol–water partition coefficient (Wildman–Crippen LogP) is 3.82. The van der Waals surface area contributed by atoms with Gasteiger partial charge >= 0.3 is 19.9 Å². The number of rotatable bonds is 10. The van der Waals surface area contributed by atoms with E-state index in [1.807, 2.05) is 0 Å². The number of hydrogen-bond acceptors (Lipinski definition) is 10. The molecule has 17 heteroatoms. The van der Waals surface area contributed by atoms with Gasteiger partial charge in [-0.25, -0.2) is 23.9 Å². The van der Waals surface area contributed by atoms with Crippen LogP contribution < -0.4 is 15.3 Å². The van der Waals surface area contributed by atoms with Crippen molar-refractivity contribution in [2.45, 2.75) is 37.6 Å². The van der Waals surface area contributed by atoms with Crippen LogP contribution in [0.15, 0.2) is 49.3 Å². The van der Waals surface area contributed by atoms with Crippen LogP contribution in [0.4, 0.5) is 23.4 Å². The first-order chi connectivity index (χ1) is 18.9. The summed E-state index contributed by atoms with van der Waals surface area (Å²) >= 11 is 0. The third kappa shape index (κ3) is 6.09. The van der Waals surface area contributed by atoms with E-state index in [9.17, 15) is 22.5 Å². The molecule has 0 radical (unpaired) electrons. The summed E-state index contributed by atoms with van der Waals surface area (Å²) in [5.74, 6) is -3.75. The molecule has 0 aliphatic carbocycles. The molecular formula is C23H25F4N6O6P. The summed E-state index contributed by atoms with van der Waals surface area (Å²) in [6, 6.07) is 6.81. The Kier molecular flexibility index (Phi) is 8.44. The van der Waals surface area contributed by atoms with Crippen molar-refractivity contribution in [3.05, 3.63) is 55.1 Å². The number of imidazole rings is 1. The molecule has 1 unspecified atom stereocenters. The molecule has 1 aliphatic rings. The van der Waals surface area contributed by atoms with Crippen LogP contribution >= 0.6 is 7.75 Å². The molecule has 216 valence electrons. The van der Waals surface area contributed by atoms with Gasteiger partial charge in [-0.2, -0.15) is 18.3 Å². The van der Waals surface area contributed by atoms with Crippen molar-refractivity contribution in [1.82, 2.24) is 24.6 Å². The van der Waals surface area contributed by atoms with Crippen molar-refractivity contribution in [1.29, 1.82) is 0 Å². The maximum absolute atomic E-state index is 15.6. The van der Waals surface area contributed by atoms with Crippen molar-refractivity contribution >= 4 is 30.7 Å². The zero-order valence-corrected chi connectivity index (χ0v) is 22.0. The number of alkyl halides is 4. The summed E-state index contributed by atoms with van der Waals surface area (Å²) in [5.41, 5.74) is 5.05. The summed E-state index contributed by atoms with van der Waals surface area (Å²) in [4.78, 5) is 22.5. The minimum Gasteiger partial charge on any atom is -0.468 e. The van der Waals surface area contributed by atoms with Crippen molar-refractivity contribution in [3.63, 3.8) is 0 Å². The fraction of sp³-hybridized carbons (Fsp3) is 0.391. The Morgan fingerprint density at radius 1 is 1.32 bits per heavy atom. The smallest absolute Gasteiger partial charge is 0.459 e. The molecule has 0 saturated carbocycles. The molecule has 1 aromatic carbocycles. The molecule has 1 aliphatic heterocycles. The van der Waals surface area contributed by atoms with Crippen LogP contribution in [0.25, 0.3) is 11.2 Å². The number of halogens is 4. The van der Waals surface area contributed by atoms with Gasteiger partial charge in [-0.3, -0.25) is 13.9 Å². The van der Waals surface area contributed by atoms with Crippen LogP contribution in [-0.4, -0.2) is 57.5 Å². The van der Waals surface area contributed by atoms with E-state index in [1.165, 1.54) is 25.1 Å². The minimum absolute atomic E-state index is 0.145. The van der Waals surface area contributed by atoms with Gasteiger partial charge in [-0.05, 0) is 19.1 Å². The zero-order chi connectivity index (χ0) is 29.2. The van der Waals surface area contributed by atoms with E-state index in [0.29, 0.717) is 0 Å². The highest BCUT2D eigenvalue weighted by Crippen LogP contribution is 2.47. The number of esters is 1. The molecule has 12 nitrogen and oxygen atoms in total. The van der Waals surface area contributed by atoms with Crippen molar-refractivity contribution in [2.24, 2.45) is 5.92 Å². The van der Waals surface area contributed by atoms with Gasteiger partial charge in [0.15, 0.2) is 23.9 Å². The van der Waals surface area contributed by atoms with Crippen molar-refractivity contribution in [3.8, 4) is 5.75 Å². The molecule has 4 rings (SSSR count). The zero-order valence-electron chi connectivity index (χ0n) is 21.1. The maximum atomic E-state index is 15.6. The monoisotopic (exact) mass is 588 g/mol. The quantitative estimate of drug-likeness (QED) is 0.154. The van der Waals surface area contributed by atoms with E-state index in [1.54, 1.807) is 18.2 Å². The van der Waals surface area contributed by atoms with Crippen LogP contribution in [0.3, 0.4) is 0 Å². The van der Waals surface area contributed by atoms with E-state index >= 15 is 4.39 Å². The number of nitrogens with zero attached hydrogens (tertiary/aromatic N) is 4. The molecule has 3 N–H and O–H groups in total. The van der Waals surface area contributed by atoms with Gasteiger partial charge < -0.3 is 19.7 Å². The first-order valence-electron chi connectivity index (χ1n) is 11.7. The summed E-state index contributed by atoms with van der Waals surface area (Å²) in [6.07, 6.45) is -7.18. The largest absolute Gasteiger partial charge is 0.468 e. The average Bonchev–Trinajstić information content (AvgIpc) is 3.47. The number of hydrogen-bond donors (Lipinski definition) is 2. The number of carbonyl (C=O) groups excluding carboxylic acids is 1. The molecule has 3 heterocycles. The van der Waals surface area contributed by atoms with Gasteiger partial charge in [0.05, 0.1) is 26.1 Å². The highest BCUT2D eigenvalue weighted by molar-refractivity contribution is 7.52. The van der Waals surface area contributed by atoms with Crippen LogP contribution in [0.2, 0.25) is 0 Å². The normalized spacial score (nSPS) is 23.4. The second-order valence-corrected chi connectivity index (χ2v) is 10.3. The number of nitrogens with two attached hydrogens (primary N) is 1. The number of fused-ring (bicyclic) bond motifs is 1. The first-order valence-corrected chi connectivity index (χ1v) is 13.2. The molecule has 0 amide bonds. The number of para-hydroxylation sites is 1. The summed E-state index contributed by atoms with van der Waals surface area (Å²) in [5, 5.41) is 2.46. The molecule has 3 aromatic rings. The van der Waals surface area contributed by atoms with Crippen LogP contribution in [0.5, 0.6) is 5.75 Å². The second-order valence-electron chi connectivity index (χ2n) is 8.65. The van der Waals surface area contributed by atoms with E-state index < -0.39 is 74.3 Å². The lowest BCUT2D eigenvalue weighted by atomic mass is 10.00. The number of nitrogen functional groups attached to an aromatic ring is 1. The second kappa shape index (κ2) is 11.5. The third-order valence-corrected chi connectivity index (χ3v) is 7.56. The minimum atomic E-state index is -4.92. The van der Waals surface area contributed by atoms with E-state index in [0.717, 1.165) is 18.0 Å². The van der Waals surface area contributed by atoms with Crippen LogP contribution in [-0.2, 0) is 29.5 Å². The number of carbonyl (C=O) groups is 1. The van der Waals surface area contributed by atoms with Crippen LogP contribution in [0.1, 0.15) is 19.0 Å². The topological polar surface area (TPSA) is 153 Å². The number of methoxy groups -OCH3 is 1. The Morgan fingerprint density at radius 2 is 2.02 bits per heavy atom. The molecular weight excluding hydrogens is 563 g/mol. The van der Waals surface area contributed by atoms with Gasteiger partial charge in [0.25, 0.3) is 0 Å². The van der Waals surface area contributed by atoms with Gasteiger partial charge in [0, 0.05) is 5.92 Å². The number of aromatic nitrogens is 4. The lowest BCUT2D eigenvalue weighted by Gasteiger charge is -2.24. The highest BCUT2D eigenvalue weighted by Gasteiger charge is 2.47. The summed E-state index contributed by atoms with van der Waals surface area (Å²) in [6.45, 7) is 4.44. The van der Waals surface area contributed by atoms with E-state index in [4.69, 9.17) is 19.5 Å². The predicted molar refractivity (Wildman–Crippen MR) is 132 cm³/mol. The Balaban J connectivity index is 1.59. The lowest BCUT2D eigenvalue weighted by Crippen LogP contribution is -2.35. The highest BCUT2D eigenvalue weighted by atomic mass is 31.2. The van der Waals surface area contributed by atoms with Gasteiger partial charge in [-0.1, -0.05) is 24.3 Å². The third-order valence-electron chi connectivity index (χ3n) is 5.92. The van der Waals surface area contributed by atoms with Crippen LogP contribution in [0, 0.1) is 5.92 Å². The molecule has 40 heavy (non-hydrogen) atoms.